The van der Waals surface area contributed by atoms with Crippen LogP contribution in [-0.2, 0) is 0 Å². The average Bonchev–Trinajstić information content (AvgIpc) is 2.82. The van der Waals surface area contributed by atoms with Crippen molar-refractivity contribution in [3.63, 3.8) is 0 Å². The molecule has 68 valence electrons. The first-order valence-corrected chi connectivity index (χ1v) is 5.37. The van der Waals surface area contributed by atoms with Crippen LogP contribution < -0.4 is 0 Å². The van der Waals surface area contributed by atoms with Crippen LogP contribution >= 0.6 is 11.8 Å². The van der Waals surface area contributed by atoms with E-state index in [1.807, 2.05) is 6.92 Å². The summed E-state index contributed by atoms with van der Waals surface area (Å²) in [6.07, 6.45) is 3.09. The van der Waals surface area contributed by atoms with Crippen molar-refractivity contribution < 1.29 is 5.11 Å². The van der Waals surface area contributed by atoms with Gasteiger partial charge in [0.25, 0.3) is 0 Å². The lowest BCUT2D eigenvalue weighted by Gasteiger charge is -2.13. The minimum atomic E-state index is 0.243. The van der Waals surface area contributed by atoms with Gasteiger partial charge in [0.05, 0.1) is 12.7 Å². The van der Waals surface area contributed by atoms with Crippen LogP contribution in [0.2, 0.25) is 0 Å². The Morgan fingerprint density at radius 2 is 2.33 bits per heavy atom. The number of thioether (sulfide) groups is 1. The van der Waals surface area contributed by atoms with E-state index in [1.54, 1.807) is 11.8 Å². The Balaban J connectivity index is 2.19. The fraction of sp³-hybridized carbons (Fsp3) is 0.889. The third-order valence-corrected chi connectivity index (χ3v) is 3.84. The molecule has 0 saturated heterocycles. The third-order valence-electron chi connectivity index (χ3n) is 2.34. The van der Waals surface area contributed by atoms with Crippen molar-refractivity contribution in [2.24, 2.45) is 5.41 Å². The molecule has 1 saturated carbocycles. The summed E-state index contributed by atoms with van der Waals surface area (Å²) in [7, 11) is 0. The second-order valence-electron chi connectivity index (χ2n) is 3.64. The first-order chi connectivity index (χ1) is 5.72. The summed E-state index contributed by atoms with van der Waals surface area (Å²) in [5, 5.41) is 17.7. The van der Waals surface area contributed by atoms with Crippen LogP contribution in [0.15, 0.2) is 0 Å². The van der Waals surface area contributed by atoms with Gasteiger partial charge in [-0.05, 0) is 18.3 Å². The summed E-state index contributed by atoms with van der Waals surface area (Å²) >= 11 is 1.78. The fourth-order valence-corrected chi connectivity index (χ4v) is 2.22. The Morgan fingerprint density at radius 1 is 1.67 bits per heavy atom. The molecule has 1 unspecified atom stereocenters. The molecule has 1 rings (SSSR count). The highest BCUT2D eigenvalue weighted by atomic mass is 32.2. The van der Waals surface area contributed by atoms with Crippen LogP contribution in [0.25, 0.3) is 0 Å². The Kier molecular flexibility index (Phi) is 3.42. The van der Waals surface area contributed by atoms with Crippen molar-refractivity contribution in [1.82, 2.24) is 0 Å². The van der Waals surface area contributed by atoms with E-state index < -0.39 is 0 Å². The molecule has 0 spiro atoms. The number of aliphatic hydroxyl groups excluding tert-OH is 1. The molecule has 1 atom stereocenters. The zero-order valence-electron chi connectivity index (χ0n) is 7.42. The highest BCUT2D eigenvalue weighted by Crippen LogP contribution is 2.51. The van der Waals surface area contributed by atoms with E-state index in [0.717, 1.165) is 5.75 Å². The monoisotopic (exact) mass is 185 g/mol. The molecule has 1 N–H and O–H groups in total. The van der Waals surface area contributed by atoms with Gasteiger partial charge in [-0.15, -0.1) is 0 Å². The lowest BCUT2D eigenvalue weighted by atomic mass is 10.1. The molecule has 0 aromatic heterocycles. The van der Waals surface area contributed by atoms with Gasteiger partial charge in [-0.3, -0.25) is 0 Å². The van der Waals surface area contributed by atoms with Gasteiger partial charge < -0.3 is 5.11 Å². The van der Waals surface area contributed by atoms with Crippen LogP contribution in [0.5, 0.6) is 0 Å². The van der Waals surface area contributed by atoms with Gasteiger partial charge in [0.1, 0.15) is 0 Å². The SMILES string of the molecule is CC(CO)SCC1(CC#N)CC1. The number of hydrogen-bond donors (Lipinski definition) is 1. The van der Waals surface area contributed by atoms with E-state index in [0.29, 0.717) is 17.1 Å². The summed E-state index contributed by atoms with van der Waals surface area (Å²) in [6, 6.07) is 2.24. The Hall–Kier alpha value is -0.200. The van der Waals surface area contributed by atoms with E-state index in [9.17, 15) is 0 Å². The molecule has 1 aliphatic carbocycles. The van der Waals surface area contributed by atoms with Crippen LogP contribution in [0.4, 0.5) is 0 Å². The second kappa shape index (κ2) is 4.15. The van der Waals surface area contributed by atoms with E-state index >= 15 is 0 Å². The van der Waals surface area contributed by atoms with Gasteiger partial charge >= 0.3 is 0 Å². The maximum atomic E-state index is 8.80. The molecule has 2 nitrogen and oxygen atoms in total. The summed E-state index contributed by atoms with van der Waals surface area (Å²) < 4.78 is 0. The molecule has 1 aliphatic rings. The summed E-state index contributed by atoms with van der Waals surface area (Å²) in [5.41, 5.74) is 0.322. The molecular weight excluding hydrogens is 170 g/mol. The zero-order chi connectivity index (χ0) is 9.03. The lowest BCUT2D eigenvalue weighted by molar-refractivity contribution is 0.300. The minimum absolute atomic E-state index is 0.243. The largest absolute Gasteiger partial charge is 0.395 e. The predicted octanol–water partition coefficient (Wildman–Crippen LogP) is 1.79. The molecule has 0 bridgehead atoms. The summed E-state index contributed by atoms with van der Waals surface area (Å²) in [4.78, 5) is 0. The highest BCUT2D eigenvalue weighted by molar-refractivity contribution is 7.99. The van der Waals surface area contributed by atoms with Gasteiger partial charge in [-0.25, -0.2) is 0 Å². The lowest BCUT2D eigenvalue weighted by Crippen LogP contribution is -2.09. The number of rotatable bonds is 5. The van der Waals surface area contributed by atoms with Crippen molar-refractivity contribution in [2.45, 2.75) is 31.4 Å². The van der Waals surface area contributed by atoms with Crippen LogP contribution in [0.3, 0.4) is 0 Å². The highest BCUT2D eigenvalue weighted by Gasteiger charge is 2.42. The molecule has 0 heterocycles. The van der Waals surface area contributed by atoms with E-state index in [2.05, 4.69) is 6.07 Å². The first kappa shape index (κ1) is 9.88. The molecule has 0 radical (unpaired) electrons. The van der Waals surface area contributed by atoms with Crippen molar-refractivity contribution in [3.8, 4) is 6.07 Å². The molecule has 0 aromatic rings. The first-order valence-electron chi connectivity index (χ1n) is 4.32. The number of nitrogens with zero attached hydrogens (tertiary/aromatic N) is 1. The molecule has 12 heavy (non-hydrogen) atoms. The predicted molar refractivity (Wildman–Crippen MR) is 50.9 cm³/mol. The standard InChI is InChI=1S/C9H15NOS/c1-8(6-11)12-7-9(2-3-9)4-5-10/h8,11H,2-4,6-7H2,1H3. The average molecular weight is 185 g/mol. The third kappa shape index (κ3) is 2.69. The van der Waals surface area contributed by atoms with Crippen LogP contribution in [0.1, 0.15) is 26.2 Å². The van der Waals surface area contributed by atoms with E-state index in [4.69, 9.17) is 10.4 Å². The maximum absolute atomic E-state index is 8.80. The normalized spacial score (nSPS) is 21.4. The zero-order valence-corrected chi connectivity index (χ0v) is 8.23. The summed E-state index contributed by atoms with van der Waals surface area (Å²) in [6.45, 7) is 2.26. The van der Waals surface area contributed by atoms with Crippen molar-refractivity contribution >= 4 is 11.8 Å². The van der Waals surface area contributed by atoms with E-state index in [-0.39, 0.29) is 6.61 Å². The molecular formula is C9H15NOS. The number of hydrogen-bond acceptors (Lipinski definition) is 3. The number of aliphatic hydroxyl groups is 1. The minimum Gasteiger partial charge on any atom is -0.395 e. The van der Waals surface area contributed by atoms with E-state index in [1.165, 1.54) is 12.8 Å². The fourth-order valence-electron chi connectivity index (χ4n) is 1.09. The Labute approximate surface area is 78.0 Å². The summed E-state index contributed by atoms with van der Waals surface area (Å²) in [5.74, 6) is 1.04. The number of nitriles is 1. The smallest absolute Gasteiger partial charge is 0.0627 e. The van der Waals surface area contributed by atoms with Gasteiger partial charge in [0.2, 0.25) is 0 Å². The van der Waals surface area contributed by atoms with Gasteiger partial charge in [0, 0.05) is 17.4 Å². The van der Waals surface area contributed by atoms with Crippen molar-refractivity contribution in [2.75, 3.05) is 12.4 Å². The topological polar surface area (TPSA) is 44.0 Å². The van der Waals surface area contributed by atoms with Crippen molar-refractivity contribution in [3.05, 3.63) is 0 Å². The second-order valence-corrected chi connectivity index (χ2v) is 5.07. The molecule has 1 fully saturated rings. The Morgan fingerprint density at radius 3 is 2.75 bits per heavy atom. The van der Waals surface area contributed by atoms with Crippen LogP contribution in [0, 0.1) is 16.7 Å². The van der Waals surface area contributed by atoms with Gasteiger partial charge in [-0.2, -0.15) is 17.0 Å². The molecule has 0 amide bonds. The molecule has 0 aromatic carbocycles. The quantitative estimate of drug-likeness (QED) is 0.710. The van der Waals surface area contributed by atoms with Crippen molar-refractivity contribution in [1.29, 1.82) is 5.26 Å². The maximum Gasteiger partial charge on any atom is 0.0627 e. The van der Waals surface area contributed by atoms with Crippen LogP contribution in [-0.4, -0.2) is 22.7 Å². The Bertz CT molecular complexity index is 183. The molecule has 0 aliphatic heterocycles. The molecule has 3 heteroatoms. The van der Waals surface area contributed by atoms with Gasteiger partial charge in [0.15, 0.2) is 0 Å². The van der Waals surface area contributed by atoms with Gasteiger partial charge in [-0.1, -0.05) is 6.92 Å².